The molecule has 0 heterocycles. The molecule has 0 saturated heterocycles. The maximum absolute atomic E-state index is 11.8. The third-order valence-electron chi connectivity index (χ3n) is 2.33. The SMILES string of the molecule is CC(C)Oc1ccc(C(=O)NCCCCCl)cc1. The summed E-state index contributed by atoms with van der Waals surface area (Å²) >= 11 is 5.57. The Morgan fingerprint density at radius 3 is 2.50 bits per heavy atom. The molecular formula is C14H20ClNO2. The fourth-order valence-corrected chi connectivity index (χ4v) is 1.67. The quantitative estimate of drug-likeness (QED) is 0.610. The van der Waals surface area contributed by atoms with E-state index in [2.05, 4.69) is 5.32 Å². The second-order valence-corrected chi connectivity index (χ2v) is 4.72. The molecule has 0 aliphatic carbocycles. The van der Waals surface area contributed by atoms with Crippen molar-refractivity contribution in [1.29, 1.82) is 0 Å². The standard InChI is InChI=1S/C14H20ClNO2/c1-11(2)18-13-7-5-12(6-8-13)14(17)16-10-4-3-9-15/h5-8,11H,3-4,9-10H2,1-2H3,(H,16,17). The van der Waals surface area contributed by atoms with Crippen molar-refractivity contribution < 1.29 is 9.53 Å². The first-order valence-corrected chi connectivity index (χ1v) is 6.78. The topological polar surface area (TPSA) is 38.3 Å². The highest BCUT2D eigenvalue weighted by molar-refractivity contribution is 6.17. The van der Waals surface area contributed by atoms with E-state index >= 15 is 0 Å². The summed E-state index contributed by atoms with van der Waals surface area (Å²) in [6, 6.07) is 7.17. The van der Waals surface area contributed by atoms with Gasteiger partial charge >= 0.3 is 0 Å². The maximum atomic E-state index is 11.8. The van der Waals surface area contributed by atoms with Crippen molar-refractivity contribution in [2.24, 2.45) is 0 Å². The van der Waals surface area contributed by atoms with E-state index in [4.69, 9.17) is 16.3 Å². The van der Waals surface area contributed by atoms with Crippen LogP contribution >= 0.6 is 11.6 Å². The summed E-state index contributed by atoms with van der Waals surface area (Å²) in [5.74, 6) is 1.36. The Kier molecular flexibility index (Phi) is 6.58. The lowest BCUT2D eigenvalue weighted by Gasteiger charge is -2.10. The van der Waals surface area contributed by atoms with E-state index in [9.17, 15) is 4.79 Å². The zero-order chi connectivity index (χ0) is 13.4. The van der Waals surface area contributed by atoms with Crippen molar-refractivity contribution in [2.75, 3.05) is 12.4 Å². The van der Waals surface area contributed by atoms with Crippen LogP contribution in [-0.4, -0.2) is 24.4 Å². The number of carbonyl (C=O) groups excluding carboxylic acids is 1. The van der Waals surface area contributed by atoms with Crippen molar-refractivity contribution in [3.63, 3.8) is 0 Å². The highest BCUT2D eigenvalue weighted by atomic mass is 35.5. The molecule has 1 N–H and O–H groups in total. The molecule has 0 atom stereocenters. The Labute approximate surface area is 113 Å². The number of amides is 1. The Morgan fingerprint density at radius 2 is 1.94 bits per heavy atom. The highest BCUT2D eigenvalue weighted by Gasteiger charge is 2.05. The highest BCUT2D eigenvalue weighted by Crippen LogP contribution is 2.13. The maximum Gasteiger partial charge on any atom is 0.251 e. The van der Waals surface area contributed by atoms with Gasteiger partial charge in [-0.1, -0.05) is 0 Å². The molecule has 100 valence electrons. The third kappa shape index (κ3) is 5.41. The second kappa shape index (κ2) is 7.98. The Bertz CT molecular complexity index is 363. The van der Waals surface area contributed by atoms with Crippen molar-refractivity contribution in [1.82, 2.24) is 5.32 Å². The van der Waals surface area contributed by atoms with Gasteiger partial charge in [-0.2, -0.15) is 0 Å². The van der Waals surface area contributed by atoms with Crippen LogP contribution < -0.4 is 10.1 Å². The van der Waals surface area contributed by atoms with E-state index in [1.165, 1.54) is 0 Å². The molecule has 4 heteroatoms. The van der Waals surface area contributed by atoms with Crippen molar-refractivity contribution >= 4 is 17.5 Å². The zero-order valence-corrected chi connectivity index (χ0v) is 11.7. The van der Waals surface area contributed by atoms with Crippen LogP contribution in [0.15, 0.2) is 24.3 Å². The fraction of sp³-hybridized carbons (Fsp3) is 0.500. The molecule has 0 aromatic heterocycles. The van der Waals surface area contributed by atoms with Gasteiger partial charge in [0, 0.05) is 18.0 Å². The zero-order valence-electron chi connectivity index (χ0n) is 10.9. The number of ether oxygens (including phenoxy) is 1. The number of hydrogen-bond acceptors (Lipinski definition) is 2. The average molecular weight is 270 g/mol. The molecule has 0 fully saturated rings. The summed E-state index contributed by atoms with van der Waals surface area (Å²) in [6.07, 6.45) is 1.97. The van der Waals surface area contributed by atoms with E-state index in [0.29, 0.717) is 18.0 Å². The minimum Gasteiger partial charge on any atom is -0.491 e. The number of nitrogens with one attached hydrogen (secondary N) is 1. The molecule has 3 nitrogen and oxygen atoms in total. The number of unbranched alkanes of at least 4 members (excludes halogenated alkanes) is 1. The molecule has 0 aliphatic rings. The molecular weight excluding hydrogens is 250 g/mol. The number of halogens is 1. The third-order valence-corrected chi connectivity index (χ3v) is 2.60. The predicted octanol–water partition coefficient (Wildman–Crippen LogP) is 3.22. The van der Waals surface area contributed by atoms with Gasteiger partial charge in [-0.05, 0) is 51.0 Å². The van der Waals surface area contributed by atoms with E-state index in [-0.39, 0.29) is 12.0 Å². The predicted molar refractivity (Wildman–Crippen MR) is 74.5 cm³/mol. The van der Waals surface area contributed by atoms with Gasteiger partial charge in [0.15, 0.2) is 0 Å². The Morgan fingerprint density at radius 1 is 1.28 bits per heavy atom. The minimum atomic E-state index is -0.0549. The normalized spacial score (nSPS) is 10.4. The molecule has 0 unspecified atom stereocenters. The van der Waals surface area contributed by atoms with Gasteiger partial charge in [0.25, 0.3) is 5.91 Å². The van der Waals surface area contributed by atoms with Gasteiger partial charge < -0.3 is 10.1 Å². The minimum absolute atomic E-state index is 0.0549. The smallest absolute Gasteiger partial charge is 0.251 e. The van der Waals surface area contributed by atoms with E-state index in [1.807, 2.05) is 26.0 Å². The lowest BCUT2D eigenvalue weighted by Crippen LogP contribution is -2.24. The lowest BCUT2D eigenvalue weighted by atomic mass is 10.2. The summed E-state index contributed by atoms with van der Waals surface area (Å²) in [6.45, 7) is 4.60. The van der Waals surface area contributed by atoms with Crippen LogP contribution in [0.4, 0.5) is 0 Å². The van der Waals surface area contributed by atoms with E-state index < -0.39 is 0 Å². The van der Waals surface area contributed by atoms with Crippen LogP contribution in [0.5, 0.6) is 5.75 Å². The number of carbonyl (C=O) groups is 1. The van der Waals surface area contributed by atoms with Gasteiger partial charge in [0.2, 0.25) is 0 Å². The van der Waals surface area contributed by atoms with Gasteiger partial charge in [0.05, 0.1) is 6.10 Å². The fourth-order valence-electron chi connectivity index (χ4n) is 1.48. The van der Waals surface area contributed by atoms with Crippen LogP contribution in [0.25, 0.3) is 0 Å². The molecule has 1 aromatic carbocycles. The number of alkyl halides is 1. The molecule has 1 amide bonds. The number of hydrogen-bond donors (Lipinski definition) is 1. The van der Waals surface area contributed by atoms with Gasteiger partial charge in [-0.25, -0.2) is 0 Å². The molecule has 0 spiro atoms. The monoisotopic (exact) mass is 269 g/mol. The summed E-state index contributed by atoms with van der Waals surface area (Å²) in [5.41, 5.74) is 0.650. The van der Waals surface area contributed by atoms with Crippen LogP contribution in [0.2, 0.25) is 0 Å². The van der Waals surface area contributed by atoms with Crippen molar-refractivity contribution in [3.8, 4) is 5.75 Å². The molecule has 18 heavy (non-hydrogen) atoms. The van der Waals surface area contributed by atoms with Crippen LogP contribution in [0.3, 0.4) is 0 Å². The second-order valence-electron chi connectivity index (χ2n) is 4.34. The number of benzene rings is 1. The molecule has 0 bridgehead atoms. The van der Waals surface area contributed by atoms with E-state index in [1.54, 1.807) is 12.1 Å². The average Bonchev–Trinajstić information content (AvgIpc) is 2.34. The Hall–Kier alpha value is -1.22. The molecule has 0 radical (unpaired) electrons. The first-order valence-electron chi connectivity index (χ1n) is 6.24. The van der Waals surface area contributed by atoms with Crippen LogP contribution in [-0.2, 0) is 0 Å². The first kappa shape index (κ1) is 14.8. The van der Waals surface area contributed by atoms with E-state index in [0.717, 1.165) is 18.6 Å². The molecule has 1 aromatic rings. The molecule has 0 saturated carbocycles. The molecule has 1 rings (SSSR count). The number of rotatable bonds is 7. The van der Waals surface area contributed by atoms with Gasteiger partial charge in [0.1, 0.15) is 5.75 Å². The summed E-state index contributed by atoms with van der Waals surface area (Å²) in [4.78, 5) is 11.8. The molecule has 0 aliphatic heterocycles. The summed E-state index contributed by atoms with van der Waals surface area (Å²) < 4.78 is 5.52. The van der Waals surface area contributed by atoms with Crippen LogP contribution in [0.1, 0.15) is 37.0 Å². The van der Waals surface area contributed by atoms with Gasteiger partial charge in [-0.15, -0.1) is 11.6 Å². The first-order chi connectivity index (χ1) is 8.63. The van der Waals surface area contributed by atoms with Crippen LogP contribution in [0, 0.1) is 0 Å². The van der Waals surface area contributed by atoms with Crippen molar-refractivity contribution in [2.45, 2.75) is 32.8 Å². The summed E-state index contributed by atoms with van der Waals surface area (Å²) in [5, 5.41) is 2.86. The van der Waals surface area contributed by atoms with Crippen molar-refractivity contribution in [3.05, 3.63) is 29.8 Å². The largest absolute Gasteiger partial charge is 0.491 e. The summed E-state index contributed by atoms with van der Waals surface area (Å²) in [7, 11) is 0. The van der Waals surface area contributed by atoms with Gasteiger partial charge in [-0.3, -0.25) is 4.79 Å². The Balaban J connectivity index is 2.43. The lowest BCUT2D eigenvalue weighted by molar-refractivity contribution is 0.0953.